The number of hydrogen-bond donors (Lipinski definition) is 1. The summed E-state index contributed by atoms with van der Waals surface area (Å²) in [5.74, 6) is -0.0367. The van der Waals surface area contributed by atoms with E-state index >= 15 is 0 Å². The number of amides is 1. The standard InChI is InChI=1S/C19H26N4O/c1-5-6-13-23(4)19(24)18-12-9-16(14-20-18)21-15-7-10-17(11-8-15)22(2)3/h7-12,14,21H,5-6,13H2,1-4H3. The summed E-state index contributed by atoms with van der Waals surface area (Å²) in [6, 6.07) is 11.8. The van der Waals surface area contributed by atoms with Crippen LogP contribution in [0.3, 0.4) is 0 Å². The molecule has 1 heterocycles. The summed E-state index contributed by atoms with van der Waals surface area (Å²) in [6.07, 6.45) is 3.77. The Kier molecular flexibility index (Phi) is 6.18. The SMILES string of the molecule is CCCCN(C)C(=O)c1ccc(Nc2ccc(N(C)C)cc2)cn1. The maximum atomic E-state index is 12.3. The summed E-state index contributed by atoms with van der Waals surface area (Å²) in [4.78, 5) is 20.3. The van der Waals surface area contributed by atoms with E-state index in [1.807, 2.05) is 39.3 Å². The highest BCUT2D eigenvalue weighted by Crippen LogP contribution is 2.19. The highest BCUT2D eigenvalue weighted by atomic mass is 16.2. The van der Waals surface area contributed by atoms with E-state index < -0.39 is 0 Å². The molecule has 1 N–H and O–H groups in total. The first-order valence-electron chi connectivity index (χ1n) is 8.27. The lowest BCUT2D eigenvalue weighted by molar-refractivity contribution is 0.0787. The molecule has 0 aliphatic heterocycles. The summed E-state index contributed by atoms with van der Waals surface area (Å²) in [6.45, 7) is 2.87. The first-order chi connectivity index (χ1) is 11.5. The van der Waals surface area contributed by atoms with Gasteiger partial charge in [-0.3, -0.25) is 4.79 Å². The number of rotatable bonds is 7. The molecule has 5 nitrogen and oxygen atoms in total. The average Bonchev–Trinajstić information content (AvgIpc) is 2.60. The summed E-state index contributed by atoms with van der Waals surface area (Å²) in [7, 11) is 5.84. The number of hydrogen-bond acceptors (Lipinski definition) is 4. The van der Waals surface area contributed by atoms with Gasteiger partial charge in [0.15, 0.2) is 0 Å². The van der Waals surface area contributed by atoms with Gasteiger partial charge >= 0.3 is 0 Å². The van der Waals surface area contributed by atoms with Gasteiger partial charge in [-0.05, 0) is 42.8 Å². The van der Waals surface area contributed by atoms with Gasteiger partial charge in [0.1, 0.15) is 5.69 Å². The molecule has 2 aromatic rings. The van der Waals surface area contributed by atoms with Crippen molar-refractivity contribution in [3.8, 4) is 0 Å². The van der Waals surface area contributed by atoms with Crippen LogP contribution in [0.2, 0.25) is 0 Å². The molecular weight excluding hydrogens is 300 g/mol. The Balaban J connectivity index is 2.00. The van der Waals surface area contributed by atoms with E-state index in [1.54, 1.807) is 17.2 Å². The topological polar surface area (TPSA) is 48.5 Å². The summed E-state index contributed by atoms with van der Waals surface area (Å²) >= 11 is 0. The zero-order chi connectivity index (χ0) is 17.5. The molecule has 1 aromatic carbocycles. The molecular formula is C19H26N4O. The number of aromatic nitrogens is 1. The van der Waals surface area contributed by atoms with E-state index in [1.165, 1.54) is 0 Å². The number of carbonyl (C=O) groups is 1. The van der Waals surface area contributed by atoms with Crippen molar-refractivity contribution in [3.63, 3.8) is 0 Å². The van der Waals surface area contributed by atoms with Gasteiger partial charge in [0, 0.05) is 39.1 Å². The molecule has 1 amide bonds. The third-order valence-corrected chi connectivity index (χ3v) is 3.85. The van der Waals surface area contributed by atoms with Crippen molar-refractivity contribution in [2.45, 2.75) is 19.8 Å². The zero-order valence-corrected chi connectivity index (χ0v) is 14.9. The zero-order valence-electron chi connectivity index (χ0n) is 14.9. The quantitative estimate of drug-likeness (QED) is 0.841. The van der Waals surface area contributed by atoms with Crippen molar-refractivity contribution in [1.29, 1.82) is 0 Å². The van der Waals surface area contributed by atoms with E-state index in [-0.39, 0.29) is 5.91 Å². The lowest BCUT2D eigenvalue weighted by Crippen LogP contribution is -2.28. The first-order valence-corrected chi connectivity index (χ1v) is 8.27. The number of anilines is 3. The predicted molar refractivity (Wildman–Crippen MR) is 100 cm³/mol. The van der Waals surface area contributed by atoms with Crippen molar-refractivity contribution in [1.82, 2.24) is 9.88 Å². The van der Waals surface area contributed by atoms with Gasteiger partial charge in [0.25, 0.3) is 5.91 Å². The molecule has 0 saturated carbocycles. The molecule has 24 heavy (non-hydrogen) atoms. The first kappa shape index (κ1) is 17.8. The fourth-order valence-corrected chi connectivity index (χ4v) is 2.30. The Labute approximate surface area is 144 Å². The normalized spacial score (nSPS) is 10.3. The molecule has 128 valence electrons. The number of pyridine rings is 1. The fourth-order valence-electron chi connectivity index (χ4n) is 2.30. The van der Waals surface area contributed by atoms with Crippen LogP contribution in [0.1, 0.15) is 30.3 Å². The predicted octanol–water partition coefficient (Wildman–Crippen LogP) is 3.76. The lowest BCUT2D eigenvalue weighted by atomic mass is 10.2. The molecule has 0 saturated heterocycles. The van der Waals surface area contributed by atoms with E-state index in [0.717, 1.165) is 36.4 Å². The number of unbranched alkanes of at least 4 members (excludes halogenated alkanes) is 1. The number of nitrogens with one attached hydrogen (secondary N) is 1. The maximum Gasteiger partial charge on any atom is 0.272 e. The van der Waals surface area contributed by atoms with Crippen molar-refractivity contribution >= 4 is 23.0 Å². The average molecular weight is 326 g/mol. The van der Waals surface area contributed by atoms with Crippen molar-refractivity contribution in [2.24, 2.45) is 0 Å². The second kappa shape index (κ2) is 8.34. The molecule has 5 heteroatoms. The minimum atomic E-state index is -0.0367. The van der Waals surface area contributed by atoms with Gasteiger partial charge in [-0.1, -0.05) is 13.3 Å². The molecule has 1 aromatic heterocycles. The molecule has 2 rings (SSSR count). The van der Waals surface area contributed by atoms with Gasteiger partial charge < -0.3 is 15.1 Å². The van der Waals surface area contributed by atoms with Crippen molar-refractivity contribution < 1.29 is 4.79 Å². The number of nitrogens with zero attached hydrogens (tertiary/aromatic N) is 3. The Morgan fingerprint density at radius 3 is 2.25 bits per heavy atom. The molecule has 0 atom stereocenters. The van der Waals surface area contributed by atoms with Crippen LogP contribution in [0, 0.1) is 0 Å². The third kappa shape index (κ3) is 4.72. The molecule has 0 spiro atoms. The Bertz CT molecular complexity index is 650. The Hall–Kier alpha value is -2.56. The van der Waals surface area contributed by atoms with E-state index in [9.17, 15) is 4.79 Å². The molecule has 0 fully saturated rings. The smallest absolute Gasteiger partial charge is 0.272 e. The summed E-state index contributed by atoms with van der Waals surface area (Å²) in [5, 5.41) is 3.29. The van der Waals surface area contributed by atoms with Crippen LogP contribution in [-0.4, -0.2) is 43.5 Å². The minimum Gasteiger partial charge on any atom is -0.378 e. The molecule has 0 aliphatic rings. The Morgan fingerprint density at radius 1 is 1.04 bits per heavy atom. The molecule has 0 aliphatic carbocycles. The van der Waals surface area contributed by atoms with Crippen LogP contribution in [0.4, 0.5) is 17.1 Å². The molecule has 0 bridgehead atoms. The summed E-state index contributed by atoms with van der Waals surface area (Å²) in [5.41, 5.74) is 3.47. The lowest BCUT2D eigenvalue weighted by Gasteiger charge is -2.16. The maximum absolute atomic E-state index is 12.3. The van der Waals surface area contributed by atoms with Crippen LogP contribution >= 0.6 is 0 Å². The Morgan fingerprint density at radius 2 is 1.71 bits per heavy atom. The van der Waals surface area contributed by atoms with Crippen LogP contribution in [0.25, 0.3) is 0 Å². The monoisotopic (exact) mass is 326 g/mol. The largest absolute Gasteiger partial charge is 0.378 e. The fraction of sp³-hybridized carbons (Fsp3) is 0.368. The highest BCUT2D eigenvalue weighted by Gasteiger charge is 2.12. The molecule has 0 unspecified atom stereocenters. The van der Waals surface area contributed by atoms with Crippen molar-refractivity contribution in [2.75, 3.05) is 37.9 Å². The highest BCUT2D eigenvalue weighted by molar-refractivity contribution is 5.92. The van der Waals surface area contributed by atoms with Crippen LogP contribution in [0.15, 0.2) is 42.6 Å². The van der Waals surface area contributed by atoms with Crippen LogP contribution < -0.4 is 10.2 Å². The van der Waals surface area contributed by atoms with Gasteiger partial charge in [-0.15, -0.1) is 0 Å². The van der Waals surface area contributed by atoms with Crippen LogP contribution in [0.5, 0.6) is 0 Å². The van der Waals surface area contributed by atoms with Crippen molar-refractivity contribution in [3.05, 3.63) is 48.3 Å². The van der Waals surface area contributed by atoms with Gasteiger partial charge in [0.05, 0.1) is 11.9 Å². The third-order valence-electron chi connectivity index (χ3n) is 3.85. The minimum absolute atomic E-state index is 0.0367. The molecule has 0 radical (unpaired) electrons. The van der Waals surface area contributed by atoms with Gasteiger partial charge in [0.2, 0.25) is 0 Å². The van der Waals surface area contributed by atoms with E-state index in [2.05, 4.69) is 34.3 Å². The van der Waals surface area contributed by atoms with Crippen LogP contribution in [-0.2, 0) is 0 Å². The van der Waals surface area contributed by atoms with E-state index in [0.29, 0.717) is 5.69 Å². The number of benzene rings is 1. The second-order valence-corrected chi connectivity index (χ2v) is 6.08. The van der Waals surface area contributed by atoms with Gasteiger partial charge in [-0.2, -0.15) is 0 Å². The van der Waals surface area contributed by atoms with E-state index in [4.69, 9.17) is 0 Å². The summed E-state index contributed by atoms with van der Waals surface area (Å²) < 4.78 is 0. The number of carbonyl (C=O) groups excluding carboxylic acids is 1. The second-order valence-electron chi connectivity index (χ2n) is 6.08. The van der Waals surface area contributed by atoms with Gasteiger partial charge in [-0.25, -0.2) is 4.98 Å².